The largest absolute Gasteiger partial charge is 0.397 e. The van der Waals surface area contributed by atoms with Gasteiger partial charge in [0.1, 0.15) is 6.07 Å². The number of anilines is 2. The van der Waals surface area contributed by atoms with Gasteiger partial charge in [-0.1, -0.05) is 24.3 Å². The summed E-state index contributed by atoms with van der Waals surface area (Å²) in [6.45, 7) is 2.26. The normalized spacial score (nSPS) is 15.3. The molecule has 1 fully saturated rings. The first-order valence-electron chi connectivity index (χ1n) is 10.6. The highest BCUT2D eigenvalue weighted by Crippen LogP contribution is 2.23. The minimum absolute atomic E-state index is 0.254. The van der Waals surface area contributed by atoms with E-state index in [0.717, 1.165) is 37.1 Å². The Labute approximate surface area is 187 Å². The van der Waals surface area contributed by atoms with Crippen LogP contribution < -0.4 is 16.4 Å². The zero-order valence-electron chi connectivity index (χ0n) is 17.7. The number of nitrogen functional groups attached to an aromatic ring is 1. The van der Waals surface area contributed by atoms with Crippen molar-refractivity contribution in [2.45, 2.75) is 25.5 Å². The van der Waals surface area contributed by atoms with Crippen LogP contribution in [0, 0.1) is 11.3 Å². The van der Waals surface area contributed by atoms with Crippen molar-refractivity contribution in [3.8, 4) is 17.3 Å². The molecule has 2 heterocycles. The predicted molar refractivity (Wildman–Crippen MR) is 124 cm³/mol. The number of amides is 1. The van der Waals surface area contributed by atoms with Crippen LogP contribution in [0.1, 0.15) is 34.3 Å². The third-order valence-corrected chi connectivity index (χ3v) is 5.42. The Bertz CT molecular complexity index is 1130. The van der Waals surface area contributed by atoms with Crippen molar-refractivity contribution in [1.29, 1.82) is 5.26 Å². The van der Waals surface area contributed by atoms with E-state index < -0.39 is 0 Å². The Balaban J connectivity index is 1.43. The van der Waals surface area contributed by atoms with E-state index >= 15 is 0 Å². The van der Waals surface area contributed by atoms with E-state index in [9.17, 15) is 10.1 Å². The highest BCUT2D eigenvalue weighted by atomic mass is 16.5. The molecule has 3 aromatic rings. The van der Waals surface area contributed by atoms with Crippen LogP contribution in [-0.4, -0.2) is 30.1 Å². The Morgan fingerprint density at radius 1 is 1.22 bits per heavy atom. The number of carbonyl (C=O) groups excluding carboxylic acids is 1. The number of nitrogens with zero attached hydrogens (tertiary/aromatic N) is 2. The number of nitriles is 1. The van der Waals surface area contributed by atoms with Crippen LogP contribution in [0.15, 0.2) is 60.8 Å². The Morgan fingerprint density at radius 3 is 2.75 bits per heavy atom. The van der Waals surface area contributed by atoms with E-state index in [1.54, 1.807) is 42.6 Å². The van der Waals surface area contributed by atoms with Crippen LogP contribution in [0.5, 0.6) is 0 Å². The van der Waals surface area contributed by atoms with Gasteiger partial charge in [0, 0.05) is 37.0 Å². The zero-order chi connectivity index (χ0) is 22.3. The Hall–Kier alpha value is -3.73. The molecule has 1 atom stereocenters. The van der Waals surface area contributed by atoms with Crippen LogP contribution in [0.2, 0.25) is 0 Å². The molecule has 1 saturated heterocycles. The van der Waals surface area contributed by atoms with Gasteiger partial charge in [-0.15, -0.1) is 0 Å². The van der Waals surface area contributed by atoms with Crippen molar-refractivity contribution < 1.29 is 9.53 Å². The van der Waals surface area contributed by atoms with Crippen LogP contribution in [0.25, 0.3) is 11.3 Å². The molecule has 7 nitrogen and oxygen atoms in total. The van der Waals surface area contributed by atoms with Gasteiger partial charge in [-0.25, -0.2) is 0 Å². The molecular weight excluding hydrogens is 402 g/mol. The first-order chi connectivity index (χ1) is 15.6. The topological polar surface area (TPSA) is 113 Å². The van der Waals surface area contributed by atoms with Crippen molar-refractivity contribution in [3.63, 3.8) is 0 Å². The second-order valence-corrected chi connectivity index (χ2v) is 7.74. The lowest BCUT2D eigenvalue weighted by molar-refractivity contribution is 0.102. The minimum Gasteiger partial charge on any atom is -0.397 e. The number of carbonyl (C=O) groups is 1. The van der Waals surface area contributed by atoms with Gasteiger partial charge in [0.25, 0.3) is 5.91 Å². The number of pyridine rings is 1. The monoisotopic (exact) mass is 427 g/mol. The summed E-state index contributed by atoms with van der Waals surface area (Å²) in [5, 5.41) is 15.8. The summed E-state index contributed by atoms with van der Waals surface area (Å²) in [6, 6.07) is 18.2. The average molecular weight is 428 g/mol. The summed E-state index contributed by atoms with van der Waals surface area (Å²) in [5.41, 5.74) is 10.3. The molecule has 0 bridgehead atoms. The lowest BCUT2D eigenvalue weighted by Crippen LogP contribution is -2.25. The first-order valence-corrected chi connectivity index (χ1v) is 10.6. The maximum Gasteiger partial charge on any atom is 0.255 e. The molecular formula is C25H25N5O2. The number of ether oxygens (including phenoxy) is 1. The van der Waals surface area contributed by atoms with Gasteiger partial charge in [-0.3, -0.25) is 9.78 Å². The maximum absolute atomic E-state index is 12.5. The van der Waals surface area contributed by atoms with Gasteiger partial charge in [0.05, 0.1) is 28.7 Å². The molecule has 1 unspecified atom stereocenters. The van der Waals surface area contributed by atoms with E-state index in [2.05, 4.69) is 21.7 Å². The van der Waals surface area contributed by atoms with E-state index in [-0.39, 0.29) is 12.0 Å². The SMILES string of the molecule is N#Cc1cc(CNCC2CCCO2)cnc1-c1ccc(C(=O)Nc2ccccc2N)cc1. The molecule has 7 heteroatoms. The standard InChI is InChI=1S/C25H25N5O2/c26-13-20-12-17(14-28-16-21-4-3-11-32-21)15-29-24(20)18-7-9-19(10-8-18)25(31)30-23-6-2-1-5-22(23)27/h1-2,5-10,12,15,21,28H,3-4,11,14,16,27H2,(H,30,31). The molecule has 4 rings (SSSR count). The molecule has 1 aliphatic rings. The fourth-order valence-corrected chi connectivity index (χ4v) is 3.69. The summed E-state index contributed by atoms with van der Waals surface area (Å²) in [5.74, 6) is -0.254. The van der Waals surface area contributed by atoms with Gasteiger partial charge >= 0.3 is 0 Å². The number of benzene rings is 2. The quantitative estimate of drug-likeness (QED) is 0.495. The maximum atomic E-state index is 12.5. The van der Waals surface area contributed by atoms with E-state index in [1.165, 1.54) is 0 Å². The van der Waals surface area contributed by atoms with Crippen molar-refractivity contribution in [2.24, 2.45) is 0 Å². The second-order valence-electron chi connectivity index (χ2n) is 7.74. The number of para-hydroxylation sites is 2. The lowest BCUT2D eigenvalue weighted by Gasteiger charge is -2.12. The molecule has 4 N–H and O–H groups in total. The van der Waals surface area contributed by atoms with Crippen LogP contribution >= 0.6 is 0 Å². The third kappa shape index (κ3) is 5.11. The first kappa shape index (κ1) is 21.5. The third-order valence-electron chi connectivity index (χ3n) is 5.42. The summed E-state index contributed by atoms with van der Waals surface area (Å²) < 4.78 is 5.61. The van der Waals surface area contributed by atoms with Gasteiger partial charge in [0.2, 0.25) is 0 Å². The van der Waals surface area contributed by atoms with Crippen LogP contribution in [0.4, 0.5) is 11.4 Å². The summed E-state index contributed by atoms with van der Waals surface area (Å²) in [6.07, 6.45) is 4.24. The van der Waals surface area contributed by atoms with Crippen molar-refractivity contribution in [2.75, 3.05) is 24.2 Å². The molecule has 0 saturated carbocycles. The molecule has 32 heavy (non-hydrogen) atoms. The molecule has 0 radical (unpaired) electrons. The highest BCUT2D eigenvalue weighted by molar-refractivity contribution is 6.05. The molecule has 162 valence electrons. The number of aromatic nitrogens is 1. The number of nitrogens with one attached hydrogen (secondary N) is 2. The molecule has 1 aliphatic heterocycles. The molecule has 0 spiro atoms. The van der Waals surface area contributed by atoms with Crippen molar-refractivity contribution in [3.05, 3.63) is 77.5 Å². The van der Waals surface area contributed by atoms with E-state index in [0.29, 0.717) is 34.7 Å². The molecule has 1 amide bonds. The van der Waals surface area contributed by atoms with Crippen molar-refractivity contribution in [1.82, 2.24) is 10.3 Å². The number of hydrogen-bond acceptors (Lipinski definition) is 6. The summed E-state index contributed by atoms with van der Waals surface area (Å²) in [7, 11) is 0. The van der Waals surface area contributed by atoms with E-state index in [1.807, 2.05) is 18.2 Å². The van der Waals surface area contributed by atoms with E-state index in [4.69, 9.17) is 10.5 Å². The number of nitrogens with two attached hydrogens (primary N) is 1. The second kappa shape index (κ2) is 10.1. The number of rotatable bonds is 7. The fraction of sp³-hybridized carbons (Fsp3) is 0.240. The highest BCUT2D eigenvalue weighted by Gasteiger charge is 2.15. The predicted octanol–water partition coefficient (Wildman–Crippen LogP) is 3.72. The van der Waals surface area contributed by atoms with Gasteiger partial charge in [-0.2, -0.15) is 5.26 Å². The van der Waals surface area contributed by atoms with Crippen LogP contribution in [0.3, 0.4) is 0 Å². The molecule has 0 aliphatic carbocycles. The van der Waals surface area contributed by atoms with Crippen LogP contribution in [-0.2, 0) is 11.3 Å². The fourth-order valence-electron chi connectivity index (χ4n) is 3.69. The minimum atomic E-state index is -0.254. The van der Waals surface area contributed by atoms with Gasteiger partial charge in [-0.05, 0) is 48.7 Å². The molecule has 2 aromatic carbocycles. The van der Waals surface area contributed by atoms with Gasteiger partial charge in [0.15, 0.2) is 0 Å². The van der Waals surface area contributed by atoms with Gasteiger partial charge < -0.3 is 21.1 Å². The lowest BCUT2D eigenvalue weighted by atomic mass is 10.0. The average Bonchev–Trinajstić information content (AvgIpc) is 3.34. The van der Waals surface area contributed by atoms with Crippen molar-refractivity contribution >= 4 is 17.3 Å². The zero-order valence-corrected chi connectivity index (χ0v) is 17.7. The number of hydrogen-bond donors (Lipinski definition) is 3. The molecule has 1 aromatic heterocycles. The summed E-state index contributed by atoms with van der Waals surface area (Å²) >= 11 is 0. The Morgan fingerprint density at radius 2 is 2.03 bits per heavy atom. The smallest absolute Gasteiger partial charge is 0.255 e. The Kier molecular flexibility index (Phi) is 6.75. The summed E-state index contributed by atoms with van der Waals surface area (Å²) in [4.78, 5) is 17.0.